The normalized spacial score (nSPS) is 10.9. The van der Waals surface area contributed by atoms with E-state index < -0.39 is 28.7 Å². The minimum Gasteiger partial charge on any atom is -0.465 e. The van der Waals surface area contributed by atoms with Crippen molar-refractivity contribution < 1.29 is 32.4 Å². The van der Waals surface area contributed by atoms with Crippen LogP contribution in [0.1, 0.15) is 10.4 Å². The van der Waals surface area contributed by atoms with Crippen LogP contribution in [-0.2, 0) is 4.74 Å². The molecule has 98 valence electrons. The zero-order valence-corrected chi connectivity index (χ0v) is 8.85. The molecule has 1 aromatic carbocycles. The number of esters is 1. The molecule has 0 N–H and O–H groups in total. The maximum atomic E-state index is 12.0. The van der Waals surface area contributed by atoms with Crippen molar-refractivity contribution in [3.05, 3.63) is 33.9 Å². The lowest BCUT2D eigenvalue weighted by molar-refractivity contribution is -0.388. The van der Waals surface area contributed by atoms with Gasteiger partial charge in [0.1, 0.15) is 0 Å². The van der Waals surface area contributed by atoms with Gasteiger partial charge in [-0.05, 0) is 6.07 Å². The molecule has 1 rings (SSSR count). The van der Waals surface area contributed by atoms with Crippen LogP contribution in [0, 0.1) is 10.1 Å². The third-order valence-electron chi connectivity index (χ3n) is 1.80. The van der Waals surface area contributed by atoms with Gasteiger partial charge in [0, 0.05) is 12.1 Å². The monoisotopic (exact) mass is 265 g/mol. The zero-order valence-electron chi connectivity index (χ0n) is 8.85. The highest BCUT2D eigenvalue weighted by Crippen LogP contribution is 2.32. The fraction of sp³-hybridized carbons (Fsp3) is 0.222. The highest BCUT2D eigenvalue weighted by Gasteiger charge is 2.34. The van der Waals surface area contributed by atoms with Gasteiger partial charge < -0.3 is 9.47 Å². The molecule has 0 saturated heterocycles. The van der Waals surface area contributed by atoms with Crippen molar-refractivity contribution in [2.45, 2.75) is 6.36 Å². The first kappa shape index (κ1) is 13.7. The number of nitro groups is 1. The summed E-state index contributed by atoms with van der Waals surface area (Å²) in [5, 5.41) is 10.5. The summed E-state index contributed by atoms with van der Waals surface area (Å²) >= 11 is 0. The number of rotatable bonds is 3. The van der Waals surface area contributed by atoms with Crippen LogP contribution in [0.15, 0.2) is 18.2 Å². The quantitative estimate of drug-likeness (QED) is 0.476. The Morgan fingerprint density at radius 1 is 1.39 bits per heavy atom. The van der Waals surface area contributed by atoms with Crippen molar-refractivity contribution in [3.8, 4) is 5.75 Å². The zero-order chi connectivity index (χ0) is 13.9. The van der Waals surface area contributed by atoms with E-state index in [1.165, 1.54) is 0 Å². The maximum Gasteiger partial charge on any atom is 0.573 e. The Balaban J connectivity index is 3.24. The first-order valence-electron chi connectivity index (χ1n) is 4.37. The molecule has 0 fully saturated rings. The Kier molecular flexibility index (Phi) is 3.74. The van der Waals surface area contributed by atoms with E-state index in [9.17, 15) is 28.1 Å². The SMILES string of the molecule is COC(=O)c1ccc([N+](=O)[O-])c(OC(F)(F)F)c1. The van der Waals surface area contributed by atoms with Gasteiger partial charge in [0.15, 0.2) is 0 Å². The Morgan fingerprint density at radius 2 is 2.00 bits per heavy atom. The molecule has 0 spiro atoms. The van der Waals surface area contributed by atoms with Gasteiger partial charge in [-0.1, -0.05) is 0 Å². The summed E-state index contributed by atoms with van der Waals surface area (Å²) < 4.78 is 43.9. The van der Waals surface area contributed by atoms with Crippen molar-refractivity contribution in [1.29, 1.82) is 0 Å². The largest absolute Gasteiger partial charge is 0.573 e. The summed E-state index contributed by atoms with van der Waals surface area (Å²) in [5.74, 6) is -2.01. The standard InChI is InChI=1S/C9H6F3NO5/c1-17-8(14)5-2-3-6(13(15)16)7(4-5)18-9(10,11)12/h2-4H,1H3. The fourth-order valence-electron chi connectivity index (χ4n) is 1.12. The summed E-state index contributed by atoms with van der Waals surface area (Å²) in [6, 6.07) is 2.29. The topological polar surface area (TPSA) is 78.7 Å². The predicted octanol–water partition coefficient (Wildman–Crippen LogP) is 2.28. The highest BCUT2D eigenvalue weighted by atomic mass is 19.4. The molecule has 0 saturated carbocycles. The number of nitrogens with zero attached hydrogens (tertiary/aromatic N) is 1. The number of benzene rings is 1. The molecule has 0 atom stereocenters. The van der Waals surface area contributed by atoms with Crippen molar-refractivity contribution in [3.63, 3.8) is 0 Å². The number of alkyl halides is 3. The van der Waals surface area contributed by atoms with Gasteiger partial charge in [0.2, 0.25) is 5.75 Å². The lowest BCUT2D eigenvalue weighted by Crippen LogP contribution is -2.18. The summed E-state index contributed by atoms with van der Waals surface area (Å²) in [7, 11) is 1.02. The summed E-state index contributed by atoms with van der Waals surface area (Å²) in [6.45, 7) is 0. The number of carbonyl (C=O) groups is 1. The van der Waals surface area contributed by atoms with Gasteiger partial charge in [0.05, 0.1) is 17.6 Å². The van der Waals surface area contributed by atoms with Crippen LogP contribution >= 0.6 is 0 Å². The first-order valence-corrected chi connectivity index (χ1v) is 4.37. The third kappa shape index (κ3) is 3.34. The first-order chi connectivity index (χ1) is 8.24. The van der Waals surface area contributed by atoms with E-state index in [1.54, 1.807) is 0 Å². The van der Waals surface area contributed by atoms with Crippen LogP contribution in [0.4, 0.5) is 18.9 Å². The molecule has 1 aromatic rings. The van der Waals surface area contributed by atoms with Crippen LogP contribution in [-0.4, -0.2) is 24.4 Å². The Hall–Kier alpha value is -2.32. The summed E-state index contributed by atoms with van der Waals surface area (Å²) in [5.41, 5.74) is -1.19. The van der Waals surface area contributed by atoms with Crippen molar-refractivity contribution >= 4 is 11.7 Å². The molecule has 0 bridgehead atoms. The van der Waals surface area contributed by atoms with E-state index in [2.05, 4.69) is 9.47 Å². The van der Waals surface area contributed by atoms with Crippen LogP contribution in [0.3, 0.4) is 0 Å². The van der Waals surface area contributed by atoms with E-state index in [1.807, 2.05) is 0 Å². The molecule has 0 amide bonds. The molecule has 0 aliphatic rings. The molecule has 0 aliphatic carbocycles. The van der Waals surface area contributed by atoms with Gasteiger partial charge in [0.25, 0.3) is 0 Å². The lowest BCUT2D eigenvalue weighted by atomic mass is 10.2. The van der Waals surface area contributed by atoms with Crippen LogP contribution in [0.5, 0.6) is 5.75 Å². The van der Waals surface area contributed by atoms with E-state index >= 15 is 0 Å². The fourth-order valence-corrected chi connectivity index (χ4v) is 1.12. The number of ether oxygens (including phenoxy) is 2. The van der Waals surface area contributed by atoms with Crippen molar-refractivity contribution in [2.75, 3.05) is 7.11 Å². The molecular formula is C9H6F3NO5. The molecule has 6 nitrogen and oxygen atoms in total. The molecule has 0 aliphatic heterocycles. The smallest absolute Gasteiger partial charge is 0.465 e. The van der Waals surface area contributed by atoms with E-state index in [0.29, 0.717) is 6.07 Å². The molecule has 0 aromatic heterocycles. The summed E-state index contributed by atoms with van der Waals surface area (Å²) in [4.78, 5) is 20.5. The number of methoxy groups -OCH3 is 1. The van der Waals surface area contributed by atoms with Crippen LogP contribution < -0.4 is 4.74 Å². The minimum absolute atomic E-state index is 0.289. The molecule has 18 heavy (non-hydrogen) atoms. The second-order valence-electron chi connectivity index (χ2n) is 2.98. The lowest BCUT2D eigenvalue weighted by Gasteiger charge is -2.09. The maximum absolute atomic E-state index is 12.0. The molecule has 9 heteroatoms. The average Bonchev–Trinajstić information content (AvgIpc) is 2.25. The van der Waals surface area contributed by atoms with E-state index in [0.717, 1.165) is 19.2 Å². The Bertz CT molecular complexity index is 486. The van der Waals surface area contributed by atoms with Gasteiger partial charge in [-0.15, -0.1) is 13.2 Å². The van der Waals surface area contributed by atoms with Gasteiger partial charge >= 0.3 is 18.0 Å². The Morgan fingerprint density at radius 3 is 2.44 bits per heavy atom. The molecule has 0 unspecified atom stereocenters. The number of nitro benzene ring substituents is 1. The number of hydrogen-bond donors (Lipinski definition) is 0. The number of hydrogen-bond acceptors (Lipinski definition) is 5. The molecule has 0 radical (unpaired) electrons. The second kappa shape index (κ2) is 4.90. The highest BCUT2D eigenvalue weighted by molar-refractivity contribution is 5.90. The predicted molar refractivity (Wildman–Crippen MR) is 51.1 cm³/mol. The van der Waals surface area contributed by atoms with Crippen molar-refractivity contribution in [2.24, 2.45) is 0 Å². The molecular weight excluding hydrogens is 259 g/mol. The minimum atomic E-state index is -5.10. The van der Waals surface area contributed by atoms with Gasteiger partial charge in [-0.25, -0.2) is 4.79 Å². The average molecular weight is 265 g/mol. The third-order valence-corrected chi connectivity index (χ3v) is 1.80. The molecule has 0 heterocycles. The number of carbonyl (C=O) groups excluding carboxylic acids is 1. The number of halogens is 3. The van der Waals surface area contributed by atoms with Gasteiger partial charge in [-0.3, -0.25) is 10.1 Å². The Labute approximate surface area is 98.1 Å². The van der Waals surface area contributed by atoms with E-state index in [-0.39, 0.29) is 5.56 Å². The van der Waals surface area contributed by atoms with Crippen LogP contribution in [0.25, 0.3) is 0 Å². The van der Waals surface area contributed by atoms with Gasteiger partial charge in [-0.2, -0.15) is 0 Å². The van der Waals surface area contributed by atoms with E-state index in [4.69, 9.17) is 0 Å². The van der Waals surface area contributed by atoms with Crippen LogP contribution in [0.2, 0.25) is 0 Å². The van der Waals surface area contributed by atoms with Crippen molar-refractivity contribution in [1.82, 2.24) is 0 Å². The second-order valence-corrected chi connectivity index (χ2v) is 2.98. The summed E-state index contributed by atoms with van der Waals surface area (Å²) in [6.07, 6.45) is -5.10.